The minimum absolute atomic E-state index is 0.0720. The van der Waals surface area contributed by atoms with Crippen LogP contribution in [0.3, 0.4) is 0 Å². The second-order valence-electron chi connectivity index (χ2n) is 3.74. The van der Waals surface area contributed by atoms with Crippen molar-refractivity contribution in [2.24, 2.45) is 0 Å². The fourth-order valence-electron chi connectivity index (χ4n) is 1.73. The van der Waals surface area contributed by atoms with Crippen molar-refractivity contribution in [3.05, 3.63) is 35.1 Å². The second-order valence-corrected chi connectivity index (χ2v) is 3.74. The summed E-state index contributed by atoms with van der Waals surface area (Å²) in [5.74, 6) is -0.0921. The lowest BCUT2D eigenvalue weighted by molar-refractivity contribution is 0.442. The zero-order valence-corrected chi connectivity index (χ0v) is 7.32. The fourth-order valence-corrected chi connectivity index (χ4v) is 1.73. The van der Waals surface area contributed by atoms with Gasteiger partial charge in [-0.3, -0.25) is 0 Å². The van der Waals surface area contributed by atoms with Crippen molar-refractivity contribution in [3.63, 3.8) is 0 Å². The molecular weight excluding hydrogens is 153 g/mol. The van der Waals surface area contributed by atoms with E-state index in [2.05, 4.69) is 19.2 Å². The minimum Gasteiger partial charge on any atom is -0.304 e. The smallest absolute Gasteiger partial charge is 0.128 e. The first-order chi connectivity index (χ1) is 5.61. The molecule has 0 aliphatic carbocycles. The highest BCUT2D eigenvalue weighted by Crippen LogP contribution is 2.31. The zero-order chi connectivity index (χ0) is 8.77. The molecule has 0 unspecified atom stereocenters. The molecule has 1 nitrogen and oxygen atoms in total. The van der Waals surface area contributed by atoms with Gasteiger partial charge in [-0.2, -0.15) is 0 Å². The van der Waals surface area contributed by atoms with Crippen LogP contribution in [0, 0.1) is 5.82 Å². The summed E-state index contributed by atoms with van der Waals surface area (Å²) in [7, 11) is 0. The predicted octanol–water partition coefficient (Wildman–Crippen LogP) is 2.16. The summed E-state index contributed by atoms with van der Waals surface area (Å²) >= 11 is 0. The number of nitrogens with one attached hydrogen (secondary N) is 1. The molecule has 0 amide bonds. The Hall–Kier alpha value is -0.890. The number of benzene rings is 1. The van der Waals surface area contributed by atoms with Crippen molar-refractivity contribution in [1.29, 1.82) is 0 Å². The molecule has 2 rings (SSSR count). The maximum absolute atomic E-state index is 13.2. The number of fused-ring (bicyclic) bond motifs is 1. The maximum Gasteiger partial charge on any atom is 0.128 e. The zero-order valence-electron chi connectivity index (χ0n) is 7.32. The summed E-state index contributed by atoms with van der Waals surface area (Å²) in [5.41, 5.74) is 1.84. The van der Waals surface area contributed by atoms with Gasteiger partial charge in [-0.25, -0.2) is 4.39 Å². The predicted molar refractivity (Wildman–Crippen MR) is 46.3 cm³/mol. The topological polar surface area (TPSA) is 12.0 Å². The molecule has 0 saturated carbocycles. The third kappa shape index (κ3) is 0.950. The Morgan fingerprint density at radius 1 is 1.42 bits per heavy atom. The molecule has 1 aromatic rings. The van der Waals surface area contributed by atoms with Crippen LogP contribution in [0.1, 0.15) is 25.0 Å². The molecule has 12 heavy (non-hydrogen) atoms. The number of halogens is 1. The average Bonchev–Trinajstić information content (AvgIpc) is 2.30. The molecule has 1 heterocycles. The summed E-state index contributed by atoms with van der Waals surface area (Å²) in [6.07, 6.45) is 0. The molecule has 1 aliphatic heterocycles. The molecule has 0 atom stereocenters. The van der Waals surface area contributed by atoms with E-state index in [0.717, 1.165) is 11.1 Å². The van der Waals surface area contributed by atoms with Crippen LogP contribution in [0.4, 0.5) is 4.39 Å². The number of hydrogen-bond acceptors (Lipinski definition) is 1. The van der Waals surface area contributed by atoms with Crippen molar-refractivity contribution in [1.82, 2.24) is 5.32 Å². The quantitative estimate of drug-likeness (QED) is 0.621. The lowest BCUT2D eigenvalue weighted by atomic mass is 9.95. The van der Waals surface area contributed by atoms with Crippen molar-refractivity contribution >= 4 is 0 Å². The van der Waals surface area contributed by atoms with Crippen LogP contribution in [0.15, 0.2) is 18.2 Å². The molecule has 1 aliphatic rings. The highest BCUT2D eigenvalue weighted by Gasteiger charge is 2.30. The van der Waals surface area contributed by atoms with Crippen LogP contribution in [0.25, 0.3) is 0 Å². The van der Waals surface area contributed by atoms with Crippen LogP contribution >= 0.6 is 0 Å². The molecular formula is C10H12FN. The van der Waals surface area contributed by atoms with E-state index in [9.17, 15) is 4.39 Å². The second kappa shape index (κ2) is 2.30. The molecule has 0 radical (unpaired) electrons. The normalized spacial score (nSPS) is 19.2. The Labute approximate surface area is 71.6 Å². The van der Waals surface area contributed by atoms with Gasteiger partial charge >= 0.3 is 0 Å². The van der Waals surface area contributed by atoms with Crippen LogP contribution < -0.4 is 5.32 Å². The van der Waals surface area contributed by atoms with E-state index in [4.69, 9.17) is 0 Å². The Morgan fingerprint density at radius 2 is 2.17 bits per heavy atom. The lowest BCUT2D eigenvalue weighted by Crippen LogP contribution is -2.28. The Morgan fingerprint density at radius 3 is 2.83 bits per heavy atom. The molecule has 0 saturated heterocycles. The van der Waals surface area contributed by atoms with Gasteiger partial charge in [-0.15, -0.1) is 0 Å². The summed E-state index contributed by atoms with van der Waals surface area (Å²) in [6.45, 7) is 4.78. The van der Waals surface area contributed by atoms with Gasteiger partial charge in [0.15, 0.2) is 0 Å². The highest BCUT2D eigenvalue weighted by atomic mass is 19.1. The molecule has 1 aromatic carbocycles. The molecule has 0 fully saturated rings. The molecule has 0 aromatic heterocycles. The first-order valence-corrected chi connectivity index (χ1v) is 4.14. The first kappa shape index (κ1) is 7.74. The highest BCUT2D eigenvalue weighted by molar-refractivity contribution is 5.37. The summed E-state index contributed by atoms with van der Waals surface area (Å²) < 4.78 is 13.2. The Kier molecular flexibility index (Phi) is 1.48. The third-order valence-corrected chi connectivity index (χ3v) is 2.50. The largest absolute Gasteiger partial charge is 0.304 e. The fraction of sp³-hybridized carbons (Fsp3) is 0.400. The number of hydrogen-bond donors (Lipinski definition) is 1. The average molecular weight is 165 g/mol. The van der Waals surface area contributed by atoms with E-state index in [1.165, 1.54) is 6.07 Å². The van der Waals surface area contributed by atoms with Gasteiger partial charge in [0, 0.05) is 17.6 Å². The molecule has 64 valence electrons. The summed E-state index contributed by atoms with van der Waals surface area (Å²) in [4.78, 5) is 0. The van der Waals surface area contributed by atoms with Gasteiger partial charge in [-0.1, -0.05) is 12.1 Å². The molecule has 0 spiro atoms. The lowest BCUT2D eigenvalue weighted by Gasteiger charge is -2.19. The Balaban J connectivity index is 2.61. The van der Waals surface area contributed by atoms with Crippen molar-refractivity contribution < 1.29 is 4.39 Å². The van der Waals surface area contributed by atoms with Crippen molar-refractivity contribution in [2.45, 2.75) is 25.9 Å². The summed E-state index contributed by atoms with van der Waals surface area (Å²) in [5, 5.41) is 3.26. The SMILES string of the molecule is CC1(C)NCc2c(F)cccc21. The van der Waals surface area contributed by atoms with Crippen molar-refractivity contribution in [3.8, 4) is 0 Å². The van der Waals surface area contributed by atoms with E-state index in [-0.39, 0.29) is 11.4 Å². The van der Waals surface area contributed by atoms with Crippen LogP contribution in [-0.4, -0.2) is 0 Å². The van der Waals surface area contributed by atoms with E-state index in [0.29, 0.717) is 6.54 Å². The van der Waals surface area contributed by atoms with Crippen LogP contribution in [0.2, 0.25) is 0 Å². The minimum atomic E-state index is -0.0921. The van der Waals surface area contributed by atoms with E-state index in [1.54, 1.807) is 6.07 Å². The van der Waals surface area contributed by atoms with Crippen LogP contribution in [-0.2, 0) is 12.1 Å². The standard InChI is InChI=1S/C10H12FN/c1-10(2)8-4-3-5-9(11)7(8)6-12-10/h3-5,12H,6H2,1-2H3. The summed E-state index contributed by atoms with van der Waals surface area (Å²) in [6, 6.07) is 5.27. The monoisotopic (exact) mass is 165 g/mol. The van der Waals surface area contributed by atoms with E-state index in [1.807, 2.05) is 6.07 Å². The van der Waals surface area contributed by atoms with Gasteiger partial charge in [0.05, 0.1) is 0 Å². The van der Waals surface area contributed by atoms with Gasteiger partial charge in [0.25, 0.3) is 0 Å². The van der Waals surface area contributed by atoms with Crippen molar-refractivity contribution in [2.75, 3.05) is 0 Å². The van der Waals surface area contributed by atoms with Gasteiger partial charge < -0.3 is 5.32 Å². The van der Waals surface area contributed by atoms with E-state index < -0.39 is 0 Å². The van der Waals surface area contributed by atoms with Gasteiger partial charge in [0.1, 0.15) is 5.82 Å². The van der Waals surface area contributed by atoms with Gasteiger partial charge in [-0.05, 0) is 25.5 Å². The molecule has 1 N–H and O–H groups in total. The molecule has 2 heteroatoms. The van der Waals surface area contributed by atoms with E-state index >= 15 is 0 Å². The van der Waals surface area contributed by atoms with Crippen LogP contribution in [0.5, 0.6) is 0 Å². The maximum atomic E-state index is 13.2. The Bertz CT molecular complexity index is 318. The number of rotatable bonds is 0. The third-order valence-electron chi connectivity index (χ3n) is 2.50. The molecule has 0 bridgehead atoms. The van der Waals surface area contributed by atoms with Gasteiger partial charge in [0.2, 0.25) is 0 Å². The first-order valence-electron chi connectivity index (χ1n) is 4.14.